The fourth-order valence-electron chi connectivity index (χ4n) is 1.52. The minimum atomic E-state index is -4.47. The van der Waals surface area contributed by atoms with Gasteiger partial charge in [0.05, 0.1) is 12.7 Å². The van der Waals surface area contributed by atoms with E-state index in [1.807, 2.05) is 0 Å². The Kier molecular flexibility index (Phi) is 5.87. The molecule has 0 aromatic carbocycles. The van der Waals surface area contributed by atoms with E-state index >= 15 is 0 Å². The smallest absolute Gasteiger partial charge is 0.327 e. The summed E-state index contributed by atoms with van der Waals surface area (Å²) in [6.07, 6.45) is -9.55. The van der Waals surface area contributed by atoms with Crippen molar-refractivity contribution in [3.63, 3.8) is 0 Å². The predicted molar refractivity (Wildman–Crippen MR) is 51.1 cm³/mol. The van der Waals surface area contributed by atoms with Gasteiger partial charge in [0.15, 0.2) is 0 Å². The van der Waals surface area contributed by atoms with E-state index in [2.05, 4.69) is 4.74 Å². The van der Waals surface area contributed by atoms with E-state index in [0.29, 0.717) is 6.42 Å². The molecule has 0 aromatic heterocycles. The molecule has 3 nitrogen and oxygen atoms in total. The summed E-state index contributed by atoms with van der Waals surface area (Å²) in [4.78, 5) is 0. The molecule has 1 aliphatic heterocycles. The largest absolute Gasteiger partial charge is 0.411 e. The van der Waals surface area contributed by atoms with Crippen LogP contribution in [-0.2, 0) is 14.2 Å². The van der Waals surface area contributed by atoms with Crippen molar-refractivity contribution < 1.29 is 40.6 Å². The van der Waals surface area contributed by atoms with Gasteiger partial charge < -0.3 is 14.2 Å². The molecule has 0 saturated carbocycles. The van der Waals surface area contributed by atoms with Crippen molar-refractivity contribution >= 4 is 0 Å². The number of hydrogen-bond acceptors (Lipinski definition) is 3. The van der Waals surface area contributed by atoms with Gasteiger partial charge in [-0.2, -0.15) is 26.3 Å². The summed E-state index contributed by atoms with van der Waals surface area (Å²) in [6, 6.07) is 0. The van der Waals surface area contributed by atoms with Gasteiger partial charge in [-0.15, -0.1) is 0 Å². The maximum absolute atomic E-state index is 11.8. The lowest BCUT2D eigenvalue weighted by molar-refractivity contribution is -0.282. The summed E-state index contributed by atoms with van der Waals surface area (Å²) in [7, 11) is 0. The van der Waals surface area contributed by atoms with Crippen LogP contribution in [0.25, 0.3) is 0 Å². The van der Waals surface area contributed by atoms with Crippen molar-refractivity contribution in [1.29, 1.82) is 0 Å². The lowest BCUT2D eigenvalue weighted by Crippen LogP contribution is -2.24. The molecule has 1 heterocycles. The Morgan fingerprint density at radius 2 is 1.68 bits per heavy atom. The Morgan fingerprint density at radius 3 is 2.26 bits per heavy atom. The van der Waals surface area contributed by atoms with Gasteiger partial charge in [-0.05, 0) is 12.8 Å². The van der Waals surface area contributed by atoms with E-state index in [0.717, 1.165) is 0 Å². The summed E-state index contributed by atoms with van der Waals surface area (Å²) in [5, 5.41) is 0. The Morgan fingerprint density at radius 1 is 1.00 bits per heavy atom. The molecule has 2 atom stereocenters. The molecule has 9 heteroatoms. The Bertz CT molecular complexity index is 265. The van der Waals surface area contributed by atoms with Crippen LogP contribution in [-0.4, -0.2) is 38.1 Å². The third-order valence-electron chi connectivity index (χ3n) is 2.34. The van der Waals surface area contributed by atoms with Crippen molar-refractivity contribution in [1.82, 2.24) is 0 Å². The fourth-order valence-corrected chi connectivity index (χ4v) is 1.52. The second-order valence-corrected chi connectivity index (χ2v) is 4.17. The third-order valence-corrected chi connectivity index (χ3v) is 2.34. The first-order chi connectivity index (χ1) is 8.66. The van der Waals surface area contributed by atoms with Gasteiger partial charge in [0, 0.05) is 6.42 Å². The van der Waals surface area contributed by atoms with E-state index in [-0.39, 0.29) is 19.4 Å². The average molecular weight is 296 g/mol. The van der Waals surface area contributed by atoms with Crippen molar-refractivity contribution in [2.75, 3.05) is 13.2 Å². The molecule has 1 aliphatic rings. The Balaban J connectivity index is 2.08. The topological polar surface area (TPSA) is 27.7 Å². The zero-order valence-electron chi connectivity index (χ0n) is 9.89. The molecule has 114 valence electrons. The number of ether oxygens (including phenoxy) is 3. The molecule has 0 amide bonds. The van der Waals surface area contributed by atoms with Gasteiger partial charge in [-0.25, -0.2) is 0 Å². The molecule has 19 heavy (non-hydrogen) atoms. The van der Waals surface area contributed by atoms with Crippen LogP contribution in [0.15, 0.2) is 0 Å². The number of halogens is 6. The SMILES string of the molecule is FC(F)(F)CCCCC1COC(OCC(F)(F)F)O1. The highest BCUT2D eigenvalue weighted by molar-refractivity contribution is 4.63. The van der Waals surface area contributed by atoms with E-state index in [9.17, 15) is 26.3 Å². The van der Waals surface area contributed by atoms with Crippen molar-refractivity contribution in [3.8, 4) is 0 Å². The first kappa shape index (κ1) is 16.5. The van der Waals surface area contributed by atoms with Crippen molar-refractivity contribution in [3.05, 3.63) is 0 Å². The van der Waals surface area contributed by atoms with Crippen LogP contribution in [0.4, 0.5) is 26.3 Å². The highest BCUT2D eigenvalue weighted by atomic mass is 19.4. The van der Waals surface area contributed by atoms with Crippen LogP contribution in [0.3, 0.4) is 0 Å². The quantitative estimate of drug-likeness (QED) is 0.555. The number of rotatable bonds is 6. The number of hydrogen-bond donors (Lipinski definition) is 0. The van der Waals surface area contributed by atoms with Crippen LogP contribution < -0.4 is 0 Å². The maximum atomic E-state index is 11.8. The van der Waals surface area contributed by atoms with Gasteiger partial charge >= 0.3 is 12.4 Å². The van der Waals surface area contributed by atoms with E-state index < -0.39 is 38.0 Å². The fraction of sp³-hybridized carbons (Fsp3) is 1.00. The normalized spacial score (nSPS) is 24.9. The monoisotopic (exact) mass is 296 g/mol. The minimum absolute atomic E-state index is 0.0224. The second-order valence-electron chi connectivity index (χ2n) is 4.17. The summed E-state index contributed by atoms with van der Waals surface area (Å²) in [5.41, 5.74) is 0. The van der Waals surface area contributed by atoms with Crippen LogP contribution in [0.2, 0.25) is 0 Å². The first-order valence-electron chi connectivity index (χ1n) is 5.68. The molecular weight excluding hydrogens is 282 g/mol. The molecule has 0 aromatic rings. The molecule has 1 rings (SSSR count). The summed E-state index contributed by atoms with van der Waals surface area (Å²) in [6.45, 7) is -2.86. The van der Waals surface area contributed by atoms with Crippen LogP contribution in [0, 0.1) is 0 Å². The molecule has 0 spiro atoms. The third kappa shape index (κ3) is 8.27. The zero-order valence-corrected chi connectivity index (χ0v) is 9.89. The van der Waals surface area contributed by atoms with Gasteiger partial charge in [-0.1, -0.05) is 6.42 Å². The average Bonchev–Trinajstić information content (AvgIpc) is 2.67. The lowest BCUT2D eigenvalue weighted by Gasteiger charge is -2.13. The van der Waals surface area contributed by atoms with Gasteiger partial charge in [0.2, 0.25) is 0 Å². The van der Waals surface area contributed by atoms with Gasteiger partial charge in [-0.3, -0.25) is 0 Å². The maximum Gasteiger partial charge on any atom is 0.411 e. The van der Waals surface area contributed by atoms with Crippen LogP contribution in [0.5, 0.6) is 0 Å². The van der Waals surface area contributed by atoms with Crippen molar-refractivity contribution in [2.24, 2.45) is 0 Å². The lowest BCUT2D eigenvalue weighted by atomic mass is 10.1. The molecular formula is C10H14F6O3. The van der Waals surface area contributed by atoms with E-state index in [1.54, 1.807) is 0 Å². The highest BCUT2D eigenvalue weighted by Crippen LogP contribution is 2.25. The second kappa shape index (κ2) is 6.76. The standard InChI is InChI=1S/C10H14F6O3/c11-9(12,13)4-2-1-3-7-5-17-8(19-7)18-6-10(14,15)16/h7-8H,1-6H2. The number of alkyl halides is 6. The highest BCUT2D eigenvalue weighted by Gasteiger charge is 2.33. The number of unbranched alkanes of at least 4 members (excludes halogenated alkanes) is 1. The van der Waals surface area contributed by atoms with Crippen molar-refractivity contribution in [2.45, 2.75) is 50.6 Å². The van der Waals surface area contributed by atoms with Crippen LogP contribution in [0.1, 0.15) is 25.7 Å². The first-order valence-corrected chi connectivity index (χ1v) is 5.68. The molecule has 2 unspecified atom stereocenters. The molecule has 0 N–H and O–H groups in total. The predicted octanol–water partition coefficient (Wildman–Crippen LogP) is 3.39. The summed E-state index contributed by atoms with van der Waals surface area (Å²) < 4.78 is 85.1. The molecule has 0 aliphatic carbocycles. The molecule has 1 saturated heterocycles. The molecule has 1 fully saturated rings. The minimum Gasteiger partial charge on any atom is -0.327 e. The zero-order chi connectivity index (χ0) is 14.5. The molecule has 0 bridgehead atoms. The Labute approximate surface area is 105 Å². The molecule has 0 radical (unpaired) electrons. The summed E-state index contributed by atoms with van der Waals surface area (Å²) >= 11 is 0. The van der Waals surface area contributed by atoms with E-state index in [4.69, 9.17) is 9.47 Å². The van der Waals surface area contributed by atoms with Gasteiger partial charge in [0.1, 0.15) is 6.61 Å². The Hall–Kier alpha value is -0.540. The van der Waals surface area contributed by atoms with E-state index in [1.165, 1.54) is 0 Å². The van der Waals surface area contributed by atoms with Gasteiger partial charge in [0.25, 0.3) is 6.48 Å². The summed E-state index contributed by atoms with van der Waals surface area (Å²) in [5.74, 6) is 0. The van der Waals surface area contributed by atoms with Crippen LogP contribution >= 0.6 is 0 Å².